The summed E-state index contributed by atoms with van der Waals surface area (Å²) < 4.78 is 20.6. The molecule has 156 valence electrons. The third-order valence-corrected chi connectivity index (χ3v) is 7.53. The van der Waals surface area contributed by atoms with Gasteiger partial charge < -0.3 is 25.2 Å². The van der Waals surface area contributed by atoms with Crippen LogP contribution < -0.4 is 0 Å². The highest BCUT2D eigenvalue weighted by Crippen LogP contribution is 2.54. The van der Waals surface area contributed by atoms with E-state index in [0.717, 1.165) is 23.7 Å². The summed E-state index contributed by atoms with van der Waals surface area (Å²) in [5, 5.41) is 40.1. The van der Waals surface area contributed by atoms with Gasteiger partial charge in [0.05, 0.1) is 24.6 Å². The number of aryl methyl sites for hydroxylation is 1. The van der Waals surface area contributed by atoms with E-state index in [-0.39, 0.29) is 19.0 Å². The quantitative estimate of drug-likeness (QED) is 0.604. The molecule has 0 bridgehead atoms. The Labute approximate surface area is 173 Å². The monoisotopic (exact) mass is 420 g/mol. The van der Waals surface area contributed by atoms with Gasteiger partial charge in [-0.3, -0.25) is 0 Å². The summed E-state index contributed by atoms with van der Waals surface area (Å²) in [5.74, 6) is -0.349. The van der Waals surface area contributed by atoms with E-state index >= 15 is 0 Å². The maximum absolute atomic E-state index is 14.8. The number of hydrogen-bond acceptors (Lipinski definition) is 6. The van der Waals surface area contributed by atoms with Crippen LogP contribution in [0.4, 0.5) is 4.39 Å². The number of benzene rings is 2. The molecule has 0 radical (unpaired) electrons. The lowest BCUT2D eigenvalue weighted by Gasteiger charge is -2.45. The summed E-state index contributed by atoms with van der Waals surface area (Å²) in [7, 11) is 0. The first-order valence-corrected chi connectivity index (χ1v) is 10.6. The first-order valence-electron chi connectivity index (χ1n) is 9.76. The number of hydrogen-bond donors (Lipinski definition) is 4. The molecule has 0 saturated carbocycles. The van der Waals surface area contributed by atoms with Gasteiger partial charge in [0.15, 0.2) is 4.93 Å². The van der Waals surface area contributed by atoms with Crippen molar-refractivity contribution in [1.82, 2.24) is 0 Å². The van der Waals surface area contributed by atoms with E-state index in [4.69, 9.17) is 4.74 Å². The smallest absolute Gasteiger partial charge is 0.168 e. The lowest BCUT2D eigenvalue weighted by atomic mass is 9.91. The van der Waals surface area contributed by atoms with E-state index in [9.17, 15) is 24.8 Å². The van der Waals surface area contributed by atoms with Crippen LogP contribution in [0.1, 0.15) is 34.7 Å². The third-order valence-electron chi connectivity index (χ3n) is 5.87. The zero-order chi connectivity index (χ0) is 20.8. The maximum atomic E-state index is 14.8. The zero-order valence-electron chi connectivity index (χ0n) is 16.1. The van der Waals surface area contributed by atoms with Crippen LogP contribution in [0, 0.1) is 5.82 Å². The van der Waals surface area contributed by atoms with E-state index in [1.165, 1.54) is 11.6 Å². The molecule has 2 heterocycles. The average Bonchev–Trinajstić information content (AvgIpc) is 3.08. The highest BCUT2D eigenvalue weighted by molar-refractivity contribution is 8.00. The van der Waals surface area contributed by atoms with Crippen LogP contribution >= 0.6 is 11.8 Å². The van der Waals surface area contributed by atoms with Crippen LogP contribution in [0.2, 0.25) is 0 Å². The molecule has 1 saturated heterocycles. The lowest BCUT2D eigenvalue weighted by Crippen LogP contribution is -2.58. The second-order valence-corrected chi connectivity index (χ2v) is 9.12. The standard InChI is InChI=1S/C22H25FO5S/c1-2-12-3-5-13(6-4-12)7-14-8-16-15(9-17(14)23)11-28-22(16)21(27)20(26)19(25)18(10-24)29-22/h3-6,8-9,18-21,24-27H,2,7,10-11H2,1H3/t18-,19-,20?,21-,22+/m1/s1. The van der Waals surface area contributed by atoms with E-state index in [1.54, 1.807) is 6.07 Å². The first-order chi connectivity index (χ1) is 13.9. The van der Waals surface area contributed by atoms with E-state index in [1.807, 2.05) is 24.3 Å². The Morgan fingerprint density at radius 2 is 1.79 bits per heavy atom. The predicted molar refractivity (Wildman–Crippen MR) is 108 cm³/mol. The molecule has 0 amide bonds. The van der Waals surface area contributed by atoms with E-state index in [2.05, 4.69) is 6.92 Å². The minimum atomic E-state index is -1.48. The van der Waals surface area contributed by atoms with E-state index in [0.29, 0.717) is 23.1 Å². The van der Waals surface area contributed by atoms with Gasteiger partial charge in [0.1, 0.15) is 18.0 Å². The molecule has 4 N–H and O–H groups in total. The van der Waals surface area contributed by atoms with Gasteiger partial charge >= 0.3 is 0 Å². The molecule has 1 spiro atoms. The minimum Gasteiger partial charge on any atom is -0.395 e. The van der Waals surface area contributed by atoms with Crippen molar-refractivity contribution in [2.75, 3.05) is 6.61 Å². The third kappa shape index (κ3) is 3.50. The fourth-order valence-electron chi connectivity index (χ4n) is 4.10. The van der Waals surface area contributed by atoms with Crippen LogP contribution in [-0.4, -0.2) is 50.6 Å². The molecule has 4 rings (SSSR count). The summed E-state index contributed by atoms with van der Waals surface area (Å²) in [5.41, 5.74) is 3.82. The second kappa shape index (κ2) is 7.98. The summed E-state index contributed by atoms with van der Waals surface area (Å²) >= 11 is 1.08. The summed E-state index contributed by atoms with van der Waals surface area (Å²) in [6.45, 7) is 1.78. The number of thioether (sulfide) groups is 1. The van der Waals surface area contributed by atoms with E-state index < -0.39 is 28.5 Å². The Balaban J connectivity index is 1.71. The molecule has 2 aromatic rings. The summed E-state index contributed by atoms with van der Waals surface area (Å²) in [6.07, 6.45) is -2.85. The number of aliphatic hydroxyl groups excluding tert-OH is 4. The van der Waals surface area contributed by atoms with Gasteiger partial charge in [-0.2, -0.15) is 0 Å². The Morgan fingerprint density at radius 3 is 2.45 bits per heavy atom. The number of fused-ring (bicyclic) bond motifs is 2. The Bertz CT molecular complexity index is 888. The molecule has 2 aliphatic heterocycles. The van der Waals surface area contributed by atoms with Gasteiger partial charge in [-0.25, -0.2) is 4.39 Å². The average molecular weight is 421 g/mol. The van der Waals surface area contributed by atoms with Crippen LogP contribution in [0.25, 0.3) is 0 Å². The second-order valence-electron chi connectivity index (χ2n) is 7.67. The van der Waals surface area contributed by atoms with Gasteiger partial charge in [-0.15, -0.1) is 11.8 Å². The van der Waals surface area contributed by atoms with Gasteiger partial charge in [-0.1, -0.05) is 31.2 Å². The van der Waals surface area contributed by atoms with Crippen molar-refractivity contribution < 1.29 is 29.6 Å². The van der Waals surface area contributed by atoms with Gasteiger partial charge in [0, 0.05) is 12.0 Å². The fraction of sp³-hybridized carbons (Fsp3) is 0.455. The SMILES string of the molecule is CCc1ccc(Cc2cc3c(cc2F)CO[C@]32S[C@H](CO)[C@@H](O)C(O)[C@H]2O)cc1. The molecule has 2 aromatic carbocycles. The highest BCUT2D eigenvalue weighted by atomic mass is 32.2. The molecule has 29 heavy (non-hydrogen) atoms. The van der Waals surface area contributed by atoms with Crippen molar-refractivity contribution in [3.63, 3.8) is 0 Å². The molecule has 5 nitrogen and oxygen atoms in total. The highest BCUT2D eigenvalue weighted by Gasteiger charge is 2.57. The molecular weight excluding hydrogens is 395 g/mol. The largest absolute Gasteiger partial charge is 0.395 e. The van der Waals surface area contributed by atoms with Crippen molar-refractivity contribution in [2.24, 2.45) is 0 Å². The number of halogens is 1. The van der Waals surface area contributed by atoms with Crippen LogP contribution in [-0.2, 0) is 29.1 Å². The van der Waals surface area contributed by atoms with Crippen molar-refractivity contribution in [1.29, 1.82) is 0 Å². The van der Waals surface area contributed by atoms with Crippen LogP contribution in [0.5, 0.6) is 0 Å². The molecular formula is C22H25FO5S. The molecule has 5 atom stereocenters. The number of aliphatic hydroxyl groups is 4. The topological polar surface area (TPSA) is 90.2 Å². The Hall–Kier alpha value is -1.48. The maximum Gasteiger partial charge on any atom is 0.168 e. The van der Waals surface area contributed by atoms with Crippen molar-refractivity contribution >= 4 is 11.8 Å². The molecule has 7 heteroatoms. The first kappa shape index (κ1) is 20.8. The molecule has 1 fully saturated rings. The Kier molecular flexibility index (Phi) is 5.72. The van der Waals surface area contributed by atoms with Crippen LogP contribution in [0.3, 0.4) is 0 Å². The van der Waals surface area contributed by atoms with Gasteiger partial charge in [0.2, 0.25) is 0 Å². The van der Waals surface area contributed by atoms with Gasteiger partial charge in [0.25, 0.3) is 0 Å². The molecule has 1 unspecified atom stereocenters. The van der Waals surface area contributed by atoms with Crippen LogP contribution in [0.15, 0.2) is 36.4 Å². The van der Waals surface area contributed by atoms with Crippen molar-refractivity contribution in [3.8, 4) is 0 Å². The normalized spacial score (nSPS) is 31.2. The number of ether oxygens (including phenoxy) is 1. The molecule has 0 aliphatic carbocycles. The Morgan fingerprint density at radius 1 is 1.10 bits per heavy atom. The molecule has 2 aliphatic rings. The molecule has 0 aromatic heterocycles. The summed E-state index contributed by atoms with van der Waals surface area (Å²) in [6, 6.07) is 11.1. The van der Waals surface area contributed by atoms with Gasteiger partial charge in [-0.05, 0) is 40.8 Å². The van der Waals surface area contributed by atoms with Crippen molar-refractivity contribution in [2.45, 2.75) is 54.9 Å². The number of rotatable bonds is 4. The predicted octanol–water partition coefficient (Wildman–Crippen LogP) is 1.85. The fourth-order valence-corrected chi connectivity index (χ4v) is 5.64. The summed E-state index contributed by atoms with van der Waals surface area (Å²) in [4.78, 5) is -1.35. The zero-order valence-corrected chi connectivity index (χ0v) is 16.9. The van der Waals surface area contributed by atoms with Crippen molar-refractivity contribution in [3.05, 3.63) is 70.0 Å². The lowest BCUT2D eigenvalue weighted by molar-refractivity contribution is -0.147. The minimum absolute atomic E-state index is 0.0861.